The molecular formula is C14H20FN3O. The first-order valence-electron chi connectivity index (χ1n) is 6.62. The molecule has 1 aromatic heterocycles. The van der Waals surface area contributed by atoms with E-state index in [0.717, 1.165) is 12.8 Å². The number of pyridine rings is 1. The molecule has 0 bridgehead atoms. The minimum atomic E-state index is -0.629. The number of likely N-dealkylation sites (N-methyl/N-ethyl adjacent to an activating group) is 1. The molecule has 5 heteroatoms. The highest BCUT2D eigenvalue weighted by atomic mass is 19.1. The number of carbonyl (C=O) groups is 1. The van der Waals surface area contributed by atoms with Gasteiger partial charge in [-0.25, -0.2) is 4.98 Å². The Bertz CT molecular complexity index is 456. The number of amides is 1. The fraction of sp³-hybridized carbons (Fsp3) is 0.571. The third-order valence-corrected chi connectivity index (χ3v) is 4.01. The molecule has 2 rings (SSSR count). The van der Waals surface area contributed by atoms with E-state index in [-0.39, 0.29) is 17.1 Å². The molecule has 0 unspecified atom stereocenters. The van der Waals surface area contributed by atoms with E-state index in [1.807, 2.05) is 14.1 Å². The number of hydrogen-bond acceptors (Lipinski definition) is 3. The zero-order valence-corrected chi connectivity index (χ0v) is 11.4. The van der Waals surface area contributed by atoms with Gasteiger partial charge in [0.05, 0.1) is 0 Å². The molecule has 0 spiro atoms. The van der Waals surface area contributed by atoms with E-state index in [9.17, 15) is 9.18 Å². The van der Waals surface area contributed by atoms with Crippen LogP contribution >= 0.6 is 0 Å². The van der Waals surface area contributed by atoms with Crippen LogP contribution in [-0.4, -0.2) is 42.0 Å². The van der Waals surface area contributed by atoms with E-state index in [0.29, 0.717) is 6.54 Å². The molecular weight excluding hydrogens is 245 g/mol. The summed E-state index contributed by atoms with van der Waals surface area (Å²) in [4.78, 5) is 17.7. The first-order chi connectivity index (χ1) is 9.03. The molecule has 1 amide bonds. The van der Waals surface area contributed by atoms with Crippen LogP contribution < -0.4 is 5.32 Å². The van der Waals surface area contributed by atoms with Crippen molar-refractivity contribution in [2.24, 2.45) is 0 Å². The molecule has 1 N–H and O–H groups in total. The lowest BCUT2D eigenvalue weighted by Gasteiger charge is -2.36. The lowest BCUT2D eigenvalue weighted by atomic mass is 9.96. The molecule has 104 valence electrons. The zero-order chi connectivity index (χ0) is 13.9. The van der Waals surface area contributed by atoms with Crippen molar-refractivity contribution in [2.45, 2.75) is 31.2 Å². The lowest BCUT2D eigenvalue weighted by molar-refractivity contribution is 0.0894. The van der Waals surface area contributed by atoms with Gasteiger partial charge >= 0.3 is 0 Å². The van der Waals surface area contributed by atoms with Crippen LogP contribution in [0.2, 0.25) is 0 Å². The maximum absolute atomic E-state index is 13.0. The average Bonchev–Trinajstić information content (AvgIpc) is 2.86. The van der Waals surface area contributed by atoms with Crippen molar-refractivity contribution < 1.29 is 9.18 Å². The second-order valence-electron chi connectivity index (χ2n) is 5.35. The molecule has 19 heavy (non-hydrogen) atoms. The average molecular weight is 265 g/mol. The van der Waals surface area contributed by atoms with Gasteiger partial charge in [0.25, 0.3) is 5.91 Å². The number of hydrogen-bond donors (Lipinski definition) is 1. The fourth-order valence-electron chi connectivity index (χ4n) is 2.69. The summed E-state index contributed by atoms with van der Waals surface area (Å²) in [5.41, 5.74) is 0.162. The van der Waals surface area contributed by atoms with Gasteiger partial charge in [-0.15, -0.1) is 0 Å². The molecule has 1 aliphatic rings. The van der Waals surface area contributed by atoms with Crippen molar-refractivity contribution in [3.63, 3.8) is 0 Å². The molecule has 1 aromatic rings. The Kier molecular flexibility index (Phi) is 4.14. The summed E-state index contributed by atoms with van der Waals surface area (Å²) >= 11 is 0. The second-order valence-corrected chi connectivity index (χ2v) is 5.35. The molecule has 0 radical (unpaired) electrons. The molecule has 0 aliphatic heterocycles. The van der Waals surface area contributed by atoms with Crippen molar-refractivity contribution in [1.29, 1.82) is 0 Å². The lowest BCUT2D eigenvalue weighted by Crippen LogP contribution is -2.50. The van der Waals surface area contributed by atoms with Gasteiger partial charge in [-0.1, -0.05) is 18.9 Å². The minimum Gasteiger partial charge on any atom is -0.349 e. The number of nitrogens with zero attached hydrogens (tertiary/aromatic N) is 2. The molecule has 0 saturated heterocycles. The first-order valence-corrected chi connectivity index (χ1v) is 6.62. The summed E-state index contributed by atoms with van der Waals surface area (Å²) in [6.07, 6.45) is 4.53. The van der Waals surface area contributed by atoms with Gasteiger partial charge in [0, 0.05) is 12.1 Å². The predicted molar refractivity (Wildman–Crippen MR) is 71.4 cm³/mol. The van der Waals surface area contributed by atoms with Gasteiger partial charge in [0.2, 0.25) is 5.95 Å². The van der Waals surface area contributed by atoms with Crippen LogP contribution in [0.1, 0.15) is 36.2 Å². The van der Waals surface area contributed by atoms with Crippen LogP contribution in [0.15, 0.2) is 18.2 Å². The van der Waals surface area contributed by atoms with Crippen LogP contribution in [0.5, 0.6) is 0 Å². The Balaban J connectivity index is 2.00. The Morgan fingerprint density at radius 1 is 1.42 bits per heavy atom. The summed E-state index contributed by atoms with van der Waals surface area (Å²) in [7, 11) is 4.08. The second kappa shape index (κ2) is 5.65. The number of aromatic nitrogens is 1. The van der Waals surface area contributed by atoms with E-state index in [1.54, 1.807) is 0 Å². The molecule has 1 saturated carbocycles. The summed E-state index contributed by atoms with van der Waals surface area (Å²) < 4.78 is 13.0. The number of carbonyl (C=O) groups excluding carboxylic acids is 1. The summed E-state index contributed by atoms with van der Waals surface area (Å²) in [6.45, 7) is 0.580. The Labute approximate surface area is 113 Å². The summed E-state index contributed by atoms with van der Waals surface area (Å²) in [5, 5.41) is 2.88. The highest BCUT2D eigenvalue weighted by Crippen LogP contribution is 2.33. The minimum absolute atomic E-state index is 0.0307. The predicted octanol–water partition coefficient (Wildman–Crippen LogP) is 1.82. The monoisotopic (exact) mass is 265 g/mol. The molecule has 0 aromatic carbocycles. The van der Waals surface area contributed by atoms with E-state index in [4.69, 9.17) is 0 Å². The zero-order valence-electron chi connectivity index (χ0n) is 11.4. The van der Waals surface area contributed by atoms with Crippen molar-refractivity contribution in [3.8, 4) is 0 Å². The van der Waals surface area contributed by atoms with Crippen molar-refractivity contribution in [1.82, 2.24) is 15.2 Å². The van der Waals surface area contributed by atoms with E-state index in [1.165, 1.54) is 31.0 Å². The topological polar surface area (TPSA) is 45.2 Å². The highest BCUT2D eigenvalue weighted by molar-refractivity contribution is 5.92. The van der Waals surface area contributed by atoms with Crippen molar-refractivity contribution in [3.05, 3.63) is 29.8 Å². The third kappa shape index (κ3) is 3.10. The Morgan fingerprint density at radius 2 is 2.11 bits per heavy atom. The van der Waals surface area contributed by atoms with Gasteiger partial charge in [0.15, 0.2) is 0 Å². The SMILES string of the molecule is CN(C)C1(CNC(=O)c2cccc(F)n2)CCCC1. The van der Waals surface area contributed by atoms with Gasteiger partial charge in [-0.05, 0) is 39.1 Å². The van der Waals surface area contributed by atoms with E-state index >= 15 is 0 Å². The normalized spacial score (nSPS) is 17.7. The van der Waals surface area contributed by atoms with Crippen molar-refractivity contribution >= 4 is 5.91 Å². The molecule has 0 atom stereocenters. The molecule has 4 nitrogen and oxygen atoms in total. The van der Waals surface area contributed by atoms with Crippen molar-refractivity contribution in [2.75, 3.05) is 20.6 Å². The largest absolute Gasteiger partial charge is 0.349 e. The maximum atomic E-state index is 13.0. The first kappa shape index (κ1) is 13.9. The van der Waals surface area contributed by atoms with Crippen LogP contribution in [0.3, 0.4) is 0 Å². The number of rotatable bonds is 4. The standard InChI is InChI=1S/C14H20FN3O/c1-18(2)14(8-3-4-9-14)10-16-13(19)11-6-5-7-12(15)17-11/h5-7H,3-4,8-10H2,1-2H3,(H,16,19). The smallest absolute Gasteiger partial charge is 0.270 e. The fourth-order valence-corrected chi connectivity index (χ4v) is 2.69. The van der Waals surface area contributed by atoms with E-state index in [2.05, 4.69) is 15.2 Å². The quantitative estimate of drug-likeness (QED) is 0.845. The van der Waals surface area contributed by atoms with Gasteiger partial charge < -0.3 is 10.2 Å². The Morgan fingerprint density at radius 3 is 2.68 bits per heavy atom. The number of nitrogens with one attached hydrogen (secondary N) is 1. The summed E-state index contributed by atoms with van der Waals surface area (Å²) in [5.74, 6) is -0.941. The molecule has 1 heterocycles. The van der Waals surface area contributed by atoms with Gasteiger partial charge in [-0.3, -0.25) is 4.79 Å². The molecule has 1 aliphatic carbocycles. The van der Waals surface area contributed by atoms with Crippen LogP contribution in [0.4, 0.5) is 4.39 Å². The maximum Gasteiger partial charge on any atom is 0.270 e. The van der Waals surface area contributed by atoms with Crippen LogP contribution in [0, 0.1) is 5.95 Å². The Hall–Kier alpha value is -1.49. The third-order valence-electron chi connectivity index (χ3n) is 4.01. The molecule has 1 fully saturated rings. The number of halogens is 1. The highest BCUT2D eigenvalue weighted by Gasteiger charge is 2.36. The van der Waals surface area contributed by atoms with E-state index < -0.39 is 5.95 Å². The van der Waals surface area contributed by atoms with Gasteiger partial charge in [0.1, 0.15) is 5.69 Å². The van der Waals surface area contributed by atoms with Crippen LogP contribution in [0.25, 0.3) is 0 Å². The van der Waals surface area contributed by atoms with Crippen LogP contribution in [-0.2, 0) is 0 Å². The summed E-state index contributed by atoms with van der Waals surface area (Å²) in [6, 6.07) is 4.25. The van der Waals surface area contributed by atoms with Gasteiger partial charge in [-0.2, -0.15) is 4.39 Å².